The fourth-order valence-electron chi connectivity index (χ4n) is 2.03. The highest BCUT2D eigenvalue weighted by atomic mass is 16.4. The number of carboxylic acids is 1. The summed E-state index contributed by atoms with van der Waals surface area (Å²) in [6.45, 7) is 0. The fourth-order valence-corrected chi connectivity index (χ4v) is 2.03. The molecule has 2 heterocycles. The quantitative estimate of drug-likeness (QED) is 0.743. The van der Waals surface area contributed by atoms with Crippen LogP contribution in [0.2, 0.25) is 0 Å². The van der Waals surface area contributed by atoms with Crippen LogP contribution < -0.4 is 0 Å². The lowest BCUT2D eigenvalue weighted by Gasteiger charge is -2.02. The van der Waals surface area contributed by atoms with E-state index in [0.29, 0.717) is 5.56 Å². The number of benzene rings is 1. The van der Waals surface area contributed by atoms with Gasteiger partial charge in [0.25, 0.3) is 0 Å². The molecule has 0 aliphatic heterocycles. The van der Waals surface area contributed by atoms with Gasteiger partial charge in [-0.05, 0) is 23.3 Å². The summed E-state index contributed by atoms with van der Waals surface area (Å²) in [6.07, 6.45) is 3.57. The lowest BCUT2D eigenvalue weighted by Crippen LogP contribution is -1.92. The summed E-state index contributed by atoms with van der Waals surface area (Å²) in [5.41, 5.74) is 3.37. The molecule has 3 nitrogen and oxygen atoms in total. The van der Waals surface area contributed by atoms with E-state index in [4.69, 9.17) is 5.11 Å². The van der Waals surface area contributed by atoms with Crippen LogP contribution in [0.25, 0.3) is 16.6 Å². The van der Waals surface area contributed by atoms with Gasteiger partial charge < -0.3 is 9.51 Å². The van der Waals surface area contributed by atoms with Gasteiger partial charge in [-0.2, -0.15) is 0 Å². The second kappa shape index (κ2) is 4.04. The monoisotopic (exact) mass is 237 g/mol. The number of rotatable bonds is 2. The molecule has 0 saturated heterocycles. The van der Waals surface area contributed by atoms with Crippen LogP contribution in [0.3, 0.4) is 0 Å². The highest BCUT2D eigenvalue weighted by Gasteiger charge is 2.07. The van der Waals surface area contributed by atoms with Gasteiger partial charge in [-0.3, -0.25) is 0 Å². The molecule has 0 aliphatic carbocycles. The van der Waals surface area contributed by atoms with E-state index in [1.54, 1.807) is 12.3 Å². The summed E-state index contributed by atoms with van der Waals surface area (Å²) in [5.74, 6) is -0.903. The third-order valence-corrected chi connectivity index (χ3v) is 2.95. The lowest BCUT2D eigenvalue weighted by molar-refractivity contribution is 0.0697. The van der Waals surface area contributed by atoms with Crippen LogP contribution in [0.4, 0.5) is 0 Å². The number of hydrogen-bond acceptors (Lipinski definition) is 1. The lowest BCUT2D eigenvalue weighted by atomic mass is 10.1. The number of fused-ring (bicyclic) bond motifs is 1. The van der Waals surface area contributed by atoms with Gasteiger partial charge in [0.15, 0.2) is 0 Å². The minimum absolute atomic E-state index is 0.306. The van der Waals surface area contributed by atoms with Crippen molar-refractivity contribution in [3.8, 4) is 11.1 Å². The molecule has 0 fully saturated rings. The van der Waals surface area contributed by atoms with Crippen molar-refractivity contribution in [1.82, 2.24) is 4.40 Å². The summed E-state index contributed by atoms with van der Waals surface area (Å²) < 4.78 is 1.84. The molecular formula is C15H11NO2. The maximum atomic E-state index is 10.9. The first-order valence-electron chi connectivity index (χ1n) is 5.64. The molecule has 0 saturated carbocycles. The van der Waals surface area contributed by atoms with Crippen LogP contribution in [0.1, 0.15) is 10.4 Å². The Hall–Kier alpha value is -2.55. The number of hydrogen-bond donors (Lipinski definition) is 1. The van der Waals surface area contributed by atoms with Crippen molar-refractivity contribution >= 4 is 11.5 Å². The summed E-state index contributed by atoms with van der Waals surface area (Å²) in [6, 6.07) is 15.6. The molecule has 0 bridgehead atoms. The number of pyridine rings is 1. The van der Waals surface area contributed by atoms with E-state index in [0.717, 1.165) is 16.6 Å². The summed E-state index contributed by atoms with van der Waals surface area (Å²) in [4.78, 5) is 10.9. The van der Waals surface area contributed by atoms with Crippen molar-refractivity contribution < 1.29 is 9.90 Å². The van der Waals surface area contributed by atoms with Crippen LogP contribution in [0.5, 0.6) is 0 Å². The van der Waals surface area contributed by atoms with E-state index in [9.17, 15) is 4.79 Å². The fraction of sp³-hybridized carbons (Fsp3) is 0. The van der Waals surface area contributed by atoms with Crippen LogP contribution in [-0.4, -0.2) is 15.5 Å². The minimum Gasteiger partial charge on any atom is -0.478 e. The Kier molecular flexibility index (Phi) is 2.38. The van der Waals surface area contributed by atoms with Crippen molar-refractivity contribution in [3.63, 3.8) is 0 Å². The zero-order chi connectivity index (χ0) is 12.5. The highest BCUT2D eigenvalue weighted by Crippen LogP contribution is 2.20. The number of aromatic carboxylic acids is 1. The topological polar surface area (TPSA) is 41.7 Å². The van der Waals surface area contributed by atoms with Gasteiger partial charge in [0.2, 0.25) is 0 Å². The molecule has 0 spiro atoms. The van der Waals surface area contributed by atoms with Crippen LogP contribution >= 0.6 is 0 Å². The average Bonchev–Trinajstić information content (AvgIpc) is 2.82. The molecule has 1 N–H and O–H groups in total. The first-order valence-corrected chi connectivity index (χ1v) is 5.64. The zero-order valence-corrected chi connectivity index (χ0v) is 9.58. The molecule has 0 amide bonds. The molecule has 3 aromatic rings. The molecule has 0 atom stereocenters. The largest absolute Gasteiger partial charge is 0.478 e. The molecule has 0 unspecified atom stereocenters. The molecule has 2 aromatic heterocycles. The summed E-state index contributed by atoms with van der Waals surface area (Å²) >= 11 is 0. The summed E-state index contributed by atoms with van der Waals surface area (Å²) in [5, 5.41) is 8.96. The number of carboxylic acid groups (broad SMARTS) is 1. The number of carbonyl (C=O) groups is 1. The van der Waals surface area contributed by atoms with E-state index in [1.165, 1.54) is 0 Å². The van der Waals surface area contributed by atoms with Gasteiger partial charge in [-0.15, -0.1) is 0 Å². The van der Waals surface area contributed by atoms with Gasteiger partial charge >= 0.3 is 5.97 Å². The van der Waals surface area contributed by atoms with E-state index >= 15 is 0 Å². The number of aromatic nitrogens is 1. The van der Waals surface area contributed by atoms with E-state index in [1.807, 2.05) is 53.1 Å². The standard InChI is InChI=1S/C15H11NO2/c17-15(18)13-8-14-7-6-12(9-16(14)10-13)11-4-2-1-3-5-11/h1-10H,(H,17,18). The average molecular weight is 237 g/mol. The Morgan fingerprint density at radius 1 is 0.944 bits per heavy atom. The van der Waals surface area contributed by atoms with Crippen molar-refractivity contribution in [2.75, 3.05) is 0 Å². The Bertz CT molecular complexity index is 714. The third-order valence-electron chi connectivity index (χ3n) is 2.95. The Balaban J connectivity index is 2.14. The Labute approximate surface area is 104 Å². The SMILES string of the molecule is O=C(O)c1cc2ccc(-c3ccccc3)cn2c1. The van der Waals surface area contributed by atoms with Gasteiger partial charge in [0, 0.05) is 17.9 Å². The summed E-state index contributed by atoms with van der Waals surface area (Å²) in [7, 11) is 0. The number of nitrogens with zero attached hydrogens (tertiary/aromatic N) is 1. The Morgan fingerprint density at radius 2 is 1.72 bits per heavy atom. The third kappa shape index (κ3) is 1.76. The first kappa shape index (κ1) is 10.6. The van der Waals surface area contributed by atoms with Crippen molar-refractivity contribution in [2.45, 2.75) is 0 Å². The molecule has 0 radical (unpaired) electrons. The molecule has 88 valence electrons. The predicted octanol–water partition coefficient (Wildman–Crippen LogP) is 3.30. The van der Waals surface area contributed by atoms with Gasteiger partial charge in [0.1, 0.15) is 0 Å². The van der Waals surface area contributed by atoms with Crippen molar-refractivity contribution in [1.29, 1.82) is 0 Å². The van der Waals surface area contributed by atoms with E-state index in [2.05, 4.69) is 0 Å². The highest BCUT2D eigenvalue weighted by molar-refractivity contribution is 5.89. The minimum atomic E-state index is -0.903. The zero-order valence-electron chi connectivity index (χ0n) is 9.58. The second-order valence-corrected chi connectivity index (χ2v) is 4.15. The van der Waals surface area contributed by atoms with Crippen LogP contribution in [-0.2, 0) is 0 Å². The maximum absolute atomic E-state index is 10.9. The van der Waals surface area contributed by atoms with Gasteiger partial charge in [-0.25, -0.2) is 4.79 Å². The van der Waals surface area contributed by atoms with Gasteiger partial charge in [-0.1, -0.05) is 36.4 Å². The smallest absolute Gasteiger partial charge is 0.337 e. The van der Waals surface area contributed by atoms with Crippen LogP contribution in [0.15, 0.2) is 60.9 Å². The van der Waals surface area contributed by atoms with E-state index < -0.39 is 5.97 Å². The molecule has 1 aromatic carbocycles. The normalized spacial score (nSPS) is 10.7. The molecule has 3 heteroatoms. The van der Waals surface area contributed by atoms with Crippen molar-refractivity contribution in [2.24, 2.45) is 0 Å². The van der Waals surface area contributed by atoms with Crippen molar-refractivity contribution in [3.05, 3.63) is 66.5 Å². The predicted molar refractivity (Wildman–Crippen MR) is 69.8 cm³/mol. The van der Waals surface area contributed by atoms with Gasteiger partial charge in [0.05, 0.1) is 5.56 Å². The Morgan fingerprint density at radius 3 is 2.44 bits per heavy atom. The molecular weight excluding hydrogens is 226 g/mol. The van der Waals surface area contributed by atoms with Crippen LogP contribution in [0, 0.1) is 0 Å². The molecule has 18 heavy (non-hydrogen) atoms. The molecule has 0 aliphatic rings. The van der Waals surface area contributed by atoms with E-state index in [-0.39, 0.29) is 0 Å². The maximum Gasteiger partial charge on any atom is 0.337 e. The molecule has 3 rings (SSSR count). The first-order chi connectivity index (χ1) is 8.74. The second-order valence-electron chi connectivity index (χ2n) is 4.15.